The summed E-state index contributed by atoms with van der Waals surface area (Å²) in [5.74, 6) is -0.220. The van der Waals surface area contributed by atoms with Gasteiger partial charge in [-0.3, -0.25) is 4.79 Å². The van der Waals surface area contributed by atoms with Crippen LogP contribution < -0.4 is 10.5 Å². The van der Waals surface area contributed by atoms with Crippen molar-refractivity contribution in [2.75, 3.05) is 7.11 Å². The van der Waals surface area contributed by atoms with E-state index in [1.807, 2.05) is 12.1 Å². The second-order valence-electron chi connectivity index (χ2n) is 6.51. The number of ether oxygens (including phenoxy) is 2. The Bertz CT molecular complexity index is 556. The Labute approximate surface area is 125 Å². The third-order valence-corrected chi connectivity index (χ3v) is 3.49. The number of amides is 1. The number of methoxy groups -OCH3 is 1. The van der Waals surface area contributed by atoms with Gasteiger partial charge in [-0.2, -0.15) is 0 Å². The molecular formula is C16H23NO4. The largest absolute Gasteiger partial charge is 0.513 e. The molecule has 0 saturated carbocycles. The quantitative estimate of drug-likeness (QED) is 0.686. The minimum atomic E-state index is -0.968. The summed E-state index contributed by atoms with van der Waals surface area (Å²) < 4.78 is 9.63. The van der Waals surface area contributed by atoms with Gasteiger partial charge in [0.05, 0.1) is 12.5 Å². The van der Waals surface area contributed by atoms with Crippen LogP contribution in [0.25, 0.3) is 0 Å². The highest BCUT2D eigenvalue weighted by atomic mass is 16.7. The normalized spacial score (nSPS) is 11.9. The molecule has 0 atom stereocenters. The van der Waals surface area contributed by atoms with Crippen molar-refractivity contribution >= 4 is 12.1 Å². The van der Waals surface area contributed by atoms with E-state index in [1.54, 1.807) is 19.9 Å². The standard InChI is InChI=1S/C16H23NO4/c1-15(2,3)10-7-8-12(21-14(19)20-6)11(9-10)16(4,5)13(17)18/h7-9H,1-6H3,(H2,17,18). The van der Waals surface area contributed by atoms with Crippen molar-refractivity contribution in [3.8, 4) is 5.75 Å². The van der Waals surface area contributed by atoms with Gasteiger partial charge in [0.25, 0.3) is 0 Å². The van der Waals surface area contributed by atoms with E-state index in [-0.39, 0.29) is 11.2 Å². The molecule has 0 spiro atoms. The van der Waals surface area contributed by atoms with Crippen molar-refractivity contribution in [2.45, 2.75) is 45.4 Å². The molecule has 0 bridgehead atoms. The summed E-state index contributed by atoms with van der Waals surface area (Å²) in [7, 11) is 1.23. The monoisotopic (exact) mass is 293 g/mol. The van der Waals surface area contributed by atoms with Gasteiger partial charge >= 0.3 is 6.16 Å². The number of hydrogen-bond acceptors (Lipinski definition) is 4. The minimum Gasteiger partial charge on any atom is -0.437 e. The van der Waals surface area contributed by atoms with Crippen LogP contribution in [0.2, 0.25) is 0 Å². The lowest BCUT2D eigenvalue weighted by Gasteiger charge is -2.27. The molecule has 0 fully saturated rings. The summed E-state index contributed by atoms with van der Waals surface area (Å²) in [5.41, 5.74) is 5.99. The average Bonchev–Trinajstić information content (AvgIpc) is 2.37. The molecule has 0 radical (unpaired) electrons. The Morgan fingerprint density at radius 2 is 1.67 bits per heavy atom. The number of nitrogens with two attached hydrogens (primary N) is 1. The van der Waals surface area contributed by atoms with E-state index in [4.69, 9.17) is 10.5 Å². The number of rotatable bonds is 3. The summed E-state index contributed by atoms with van der Waals surface area (Å²) in [6.07, 6.45) is -0.833. The lowest BCUT2D eigenvalue weighted by atomic mass is 9.79. The minimum absolute atomic E-state index is 0.105. The molecule has 1 aromatic carbocycles. The highest BCUT2D eigenvalue weighted by molar-refractivity contribution is 5.87. The van der Waals surface area contributed by atoms with Crippen LogP contribution in [-0.4, -0.2) is 19.2 Å². The van der Waals surface area contributed by atoms with Crippen molar-refractivity contribution in [3.63, 3.8) is 0 Å². The Kier molecular flexibility index (Phi) is 4.66. The second-order valence-corrected chi connectivity index (χ2v) is 6.51. The first-order valence-corrected chi connectivity index (χ1v) is 6.71. The molecule has 21 heavy (non-hydrogen) atoms. The van der Waals surface area contributed by atoms with E-state index in [9.17, 15) is 9.59 Å². The van der Waals surface area contributed by atoms with Gasteiger partial charge in [0, 0.05) is 5.56 Å². The molecule has 1 amide bonds. The Balaban J connectivity index is 3.45. The second kappa shape index (κ2) is 5.76. The molecule has 0 aliphatic rings. The van der Waals surface area contributed by atoms with Crippen LogP contribution in [0.4, 0.5) is 4.79 Å². The van der Waals surface area contributed by atoms with Gasteiger partial charge in [-0.25, -0.2) is 4.79 Å². The Morgan fingerprint density at radius 1 is 1.10 bits per heavy atom. The van der Waals surface area contributed by atoms with Crippen LogP contribution in [0.3, 0.4) is 0 Å². The topological polar surface area (TPSA) is 78.6 Å². The fraction of sp³-hybridized carbons (Fsp3) is 0.500. The summed E-state index contributed by atoms with van der Waals surface area (Å²) >= 11 is 0. The zero-order valence-electron chi connectivity index (χ0n) is 13.4. The number of primary amides is 1. The van der Waals surface area contributed by atoms with Crippen molar-refractivity contribution in [3.05, 3.63) is 29.3 Å². The predicted octanol–water partition coefficient (Wildman–Crippen LogP) is 2.89. The molecule has 0 aromatic heterocycles. The summed E-state index contributed by atoms with van der Waals surface area (Å²) in [6.45, 7) is 9.57. The SMILES string of the molecule is COC(=O)Oc1ccc(C(C)(C)C)cc1C(C)(C)C(N)=O. The first-order valence-electron chi connectivity index (χ1n) is 6.71. The van der Waals surface area contributed by atoms with Gasteiger partial charge in [0.15, 0.2) is 0 Å². The van der Waals surface area contributed by atoms with Crippen molar-refractivity contribution < 1.29 is 19.1 Å². The van der Waals surface area contributed by atoms with Gasteiger partial charge in [-0.1, -0.05) is 32.9 Å². The van der Waals surface area contributed by atoms with E-state index in [1.165, 1.54) is 7.11 Å². The van der Waals surface area contributed by atoms with E-state index in [0.29, 0.717) is 5.56 Å². The van der Waals surface area contributed by atoms with Crippen molar-refractivity contribution in [1.29, 1.82) is 0 Å². The molecule has 0 saturated heterocycles. The van der Waals surface area contributed by atoms with E-state index < -0.39 is 17.5 Å². The first kappa shape index (κ1) is 17.0. The van der Waals surface area contributed by atoms with Gasteiger partial charge in [0.2, 0.25) is 5.91 Å². The van der Waals surface area contributed by atoms with Gasteiger partial charge in [-0.05, 0) is 30.9 Å². The smallest absolute Gasteiger partial charge is 0.437 e. The van der Waals surface area contributed by atoms with Crippen LogP contribution in [0.15, 0.2) is 18.2 Å². The molecule has 5 heteroatoms. The molecule has 1 aromatic rings. The fourth-order valence-corrected chi connectivity index (χ4v) is 1.84. The number of benzene rings is 1. The average molecular weight is 293 g/mol. The summed E-state index contributed by atoms with van der Waals surface area (Å²) in [4.78, 5) is 23.1. The summed E-state index contributed by atoms with van der Waals surface area (Å²) in [6, 6.07) is 5.37. The molecule has 0 aliphatic carbocycles. The van der Waals surface area contributed by atoms with Crippen LogP contribution in [0.1, 0.15) is 45.7 Å². The maximum absolute atomic E-state index is 11.7. The highest BCUT2D eigenvalue weighted by Crippen LogP contribution is 2.35. The van der Waals surface area contributed by atoms with Crippen molar-refractivity contribution in [2.24, 2.45) is 5.73 Å². The summed E-state index contributed by atoms with van der Waals surface area (Å²) in [5, 5.41) is 0. The van der Waals surface area contributed by atoms with Gasteiger partial charge in [-0.15, -0.1) is 0 Å². The molecule has 5 nitrogen and oxygen atoms in total. The van der Waals surface area contributed by atoms with Crippen LogP contribution in [0, 0.1) is 0 Å². The van der Waals surface area contributed by atoms with Crippen LogP contribution in [-0.2, 0) is 20.4 Å². The number of carbonyl (C=O) groups is 2. The van der Waals surface area contributed by atoms with Gasteiger partial charge < -0.3 is 15.2 Å². The lowest BCUT2D eigenvalue weighted by Crippen LogP contribution is -2.36. The maximum atomic E-state index is 11.7. The molecule has 0 unspecified atom stereocenters. The highest BCUT2D eigenvalue weighted by Gasteiger charge is 2.32. The van der Waals surface area contributed by atoms with Gasteiger partial charge in [0.1, 0.15) is 5.75 Å². The Hall–Kier alpha value is -2.04. The first-order chi connectivity index (χ1) is 9.50. The Morgan fingerprint density at radius 3 is 2.10 bits per heavy atom. The van der Waals surface area contributed by atoms with Crippen LogP contribution >= 0.6 is 0 Å². The zero-order chi connectivity index (χ0) is 16.4. The fourth-order valence-electron chi connectivity index (χ4n) is 1.84. The number of hydrogen-bond donors (Lipinski definition) is 1. The van der Waals surface area contributed by atoms with E-state index in [2.05, 4.69) is 25.5 Å². The van der Waals surface area contributed by atoms with Crippen molar-refractivity contribution in [1.82, 2.24) is 0 Å². The third-order valence-electron chi connectivity index (χ3n) is 3.49. The number of carbonyl (C=O) groups excluding carboxylic acids is 2. The zero-order valence-corrected chi connectivity index (χ0v) is 13.4. The maximum Gasteiger partial charge on any atom is 0.513 e. The third kappa shape index (κ3) is 3.74. The lowest BCUT2D eigenvalue weighted by molar-refractivity contribution is -0.122. The van der Waals surface area contributed by atoms with E-state index >= 15 is 0 Å². The predicted molar refractivity (Wildman–Crippen MR) is 80.4 cm³/mol. The molecule has 2 N–H and O–H groups in total. The van der Waals surface area contributed by atoms with Crippen LogP contribution in [0.5, 0.6) is 5.75 Å². The molecule has 0 aliphatic heterocycles. The molecule has 1 rings (SSSR count). The molecule has 116 valence electrons. The molecule has 0 heterocycles. The molecular weight excluding hydrogens is 270 g/mol. The van der Waals surface area contributed by atoms with E-state index in [0.717, 1.165) is 5.56 Å².